The van der Waals surface area contributed by atoms with Gasteiger partial charge in [0.05, 0.1) is 0 Å². The van der Waals surface area contributed by atoms with Crippen molar-refractivity contribution in [2.45, 2.75) is 45.2 Å². The van der Waals surface area contributed by atoms with E-state index in [1.165, 1.54) is 0 Å². The van der Waals surface area contributed by atoms with Crippen molar-refractivity contribution in [3.63, 3.8) is 0 Å². The van der Waals surface area contributed by atoms with Crippen LogP contribution in [0, 0.1) is 0 Å². The standard InChI is InChI=1S/C10H20N2O/c1-8(11-3)7-12-9(2)5-4-6-10(12)13/h8-9,11H,4-7H2,1-3H3. The molecule has 2 unspecified atom stereocenters. The highest BCUT2D eigenvalue weighted by Crippen LogP contribution is 2.17. The van der Waals surface area contributed by atoms with Crippen LogP contribution >= 0.6 is 0 Å². The Morgan fingerprint density at radius 2 is 2.38 bits per heavy atom. The Balaban J connectivity index is 2.48. The van der Waals surface area contributed by atoms with Crippen LogP contribution in [0.5, 0.6) is 0 Å². The molecule has 0 aromatic rings. The highest BCUT2D eigenvalue weighted by atomic mass is 16.2. The van der Waals surface area contributed by atoms with Crippen molar-refractivity contribution in [1.29, 1.82) is 0 Å². The molecule has 3 heteroatoms. The highest BCUT2D eigenvalue weighted by Gasteiger charge is 2.25. The normalized spacial score (nSPS) is 26.2. The molecule has 76 valence electrons. The fourth-order valence-corrected chi connectivity index (χ4v) is 1.76. The van der Waals surface area contributed by atoms with E-state index in [-0.39, 0.29) is 0 Å². The fourth-order valence-electron chi connectivity index (χ4n) is 1.76. The summed E-state index contributed by atoms with van der Waals surface area (Å²) < 4.78 is 0. The molecule has 1 aliphatic rings. The number of likely N-dealkylation sites (N-methyl/N-ethyl adjacent to an activating group) is 1. The van der Waals surface area contributed by atoms with Gasteiger partial charge in [-0.3, -0.25) is 4.79 Å². The van der Waals surface area contributed by atoms with Crippen molar-refractivity contribution >= 4 is 5.91 Å². The van der Waals surface area contributed by atoms with Crippen LogP contribution in [0.4, 0.5) is 0 Å². The van der Waals surface area contributed by atoms with Crippen LogP contribution in [-0.4, -0.2) is 36.5 Å². The van der Waals surface area contributed by atoms with Gasteiger partial charge < -0.3 is 10.2 Å². The zero-order valence-electron chi connectivity index (χ0n) is 8.84. The minimum atomic E-state index is 0.320. The molecular weight excluding hydrogens is 164 g/mol. The van der Waals surface area contributed by atoms with Gasteiger partial charge in [-0.25, -0.2) is 0 Å². The first-order valence-corrected chi connectivity index (χ1v) is 5.12. The Bertz CT molecular complexity index is 182. The molecule has 1 amide bonds. The van der Waals surface area contributed by atoms with Gasteiger partial charge in [-0.2, -0.15) is 0 Å². The lowest BCUT2D eigenvalue weighted by molar-refractivity contribution is -0.136. The van der Waals surface area contributed by atoms with Crippen molar-refractivity contribution < 1.29 is 4.79 Å². The van der Waals surface area contributed by atoms with Crippen molar-refractivity contribution in [2.24, 2.45) is 0 Å². The molecule has 1 aliphatic heterocycles. The average Bonchev–Trinajstić information content (AvgIpc) is 2.11. The lowest BCUT2D eigenvalue weighted by Gasteiger charge is -2.35. The Kier molecular flexibility index (Phi) is 3.72. The van der Waals surface area contributed by atoms with Crippen LogP contribution in [0.15, 0.2) is 0 Å². The summed E-state index contributed by atoms with van der Waals surface area (Å²) in [6.45, 7) is 5.09. The molecule has 0 spiro atoms. The van der Waals surface area contributed by atoms with E-state index in [1.807, 2.05) is 11.9 Å². The van der Waals surface area contributed by atoms with Crippen LogP contribution in [0.3, 0.4) is 0 Å². The molecule has 1 rings (SSSR count). The van der Waals surface area contributed by atoms with Gasteiger partial charge in [0.1, 0.15) is 0 Å². The average molecular weight is 184 g/mol. The molecule has 0 radical (unpaired) electrons. The fraction of sp³-hybridized carbons (Fsp3) is 0.900. The number of hydrogen-bond acceptors (Lipinski definition) is 2. The van der Waals surface area contributed by atoms with E-state index in [0.29, 0.717) is 18.0 Å². The van der Waals surface area contributed by atoms with Crippen LogP contribution in [0.1, 0.15) is 33.1 Å². The second-order valence-electron chi connectivity index (χ2n) is 3.98. The maximum atomic E-state index is 11.6. The molecule has 1 fully saturated rings. The molecule has 3 nitrogen and oxygen atoms in total. The van der Waals surface area contributed by atoms with Crippen LogP contribution in [-0.2, 0) is 4.79 Å². The van der Waals surface area contributed by atoms with Crippen molar-refractivity contribution in [2.75, 3.05) is 13.6 Å². The first kappa shape index (κ1) is 10.5. The minimum Gasteiger partial charge on any atom is -0.338 e. The third-order valence-electron chi connectivity index (χ3n) is 2.83. The van der Waals surface area contributed by atoms with E-state index >= 15 is 0 Å². The molecule has 0 bridgehead atoms. The quantitative estimate of drug-likeness (QED) is 0.709. The molecule has 0 aromatic heterocycles. The molecule has 1 saturated heterocycles. The minimum absolute atomic E-state index is 0.320. The zero-order valence-corrected chi connectivity index (χ0v) is 8.84. The predicted octanol–water partition coefficient (Wildman–Crippen LogP) is 0.995. The van der Waals surface area contributed by atoms with Gasteiger partial charge in [0.25, 0.3) is 0 Å². The zero-order chi connectivity index (χ0) is 9.84. The first-order chi connectivity index (χ1) is 6.15. The second-order valence-corrected chi connectivity index (χ2v) is 3.98. The topological polar surface area (TPSA) is 32.3 Å². The van der Waals surface area contributed by atoms with E-state index in [4.69, 9.17) is 0 Å². The summed E-state index contributed by atoms with van der Waals surface area (Å²) in [7, 11) is 1.93. The highest BCUT2D eigenvalue weighted by molar-refractivity contribution is 5.77. The van der Waals surface area contributed by atoms with Gasteiger partial charge in [0.15, 0.2) is 0 Å². The molecule has 2 atom stereocenters. The predicted molar refractivity (Wildman–Crippen MR) is 53.5 cm³/mol. The Labute approximate surface area is 80.5 Å². The molecular formula is C10H20N2O. The maximum absolute atomic E-state index is 11.6. The van der Waals surface area contributed by atoms with E-state index in [2.05, 4.69) is 19.2 Å². The number of piperidine rings is 1. The number of carbonyl (C=O) groups excluding carboxylic acids is 1. The lowest BCUT2D eigenvalue weighted by Crippen LogP contribution is -2.47. The lowest BCUT2D eigenvalue weighted by atomic mass is 10.0. The van der Waals surface area contributed by atoms with Gasteiger partial charge >= 0.3 is 0 Å². The Morgan fingerprint density at radius 3 is 2.92 bits per heavy atom. The second kappa shape index (κ2) is 4.61. The van der Waals surface area contributed by atoms with Crippen molar-refractivity contribution in [1.82, 2.24) is 10.2 Å². The molecule has 0 aliphatic carbocycles. The summed E-state index contributed by atoms with van der Waals surface area (Å²) in [6.07, 6.45) is 2.95. The largest absolute Gasteiger partial charge is 0.338 e. The van der Waals surface area contributed by atoms with Gasteiger partial charge in [0.2, 0.25) is 5.91 Å². The number of nitrogens with one attached hydrogen (secondary N) is 1. The third-order valence-corrected chi connectivity index (χ3v) is 2.83. The van der Waals surface area contributed by atoms with Crippen molar-refractivity contribution in [3.05, 3.63) is 0 Å². The number of likely N-dealkylation sites (tertiary alicyclic amines) is 1. The smallest absolute Gasteiger partial charge is 0.222 e. The SMILES string of the molecule is CNC(C)CN1C(=O)CCCC1C. The Hall–Kier alpha value is -0.570. The molecule has 13 heavy (non-hydrogen) atoms. The number of rotatable bonds is 3. The number of hydrogen-bond donors (Lipinski definition) is 1. The summed E-state index contributed by atoms with van der Waals surface area (Å²) in [6, 6.07) is 0.821. The molecule has 1 N–H and O–H groups in total. The molecule has 1 heterocycles. The van der Waals surface area contributed by atoms with Gasteiger partial charge in [0, 0.05) is 25.0 Å². The van der Waals surface area contributed by atoms with E-state index in [0.717, 1.165) is 25.8 Å². The summed E-state index contributed by atoms with van der Waals surface area (Å²) in [5.74, 6) is 0.320. The summed E-state index contributed by atoms with van der Waals surface area (Å²) in [4.78, 5) is 13.6. The maximum Gasteiger partial charge on any atom is 0.222 e. The van der Waals surface area contributed by atoms with Crippen LogP contribution < -0.4 is 5.32 Å². The first-order valence-electron chi connectivity index (χ1n) is 5.12. The van der Waals surface area contributed by atoms with Crippen LogP contribution in [0.25, 0.3) is 0 Å². The van der Waals surface area contributed by atoms with Gasteiger partial charge in [-0.05, 0) is 33.7 Å². The van der Waals surface area contributed by atoms with Gasteiger partial charge in [-0.15, -0.1) is 0 Å². The van der Waals surface area contributed by atoms with Crippen LogP contribution in [0.2, 0.25) is 0 Å². The van der Waals surface area contributed by atoms with Crippen molar-refractivity contribution in [3.8, 4) is 0 Å². The summed E-state index contributed by atoms with van der Waals surface area (Å²) in [5.41, 5.74) is 0. The number of amides is 1. The number of carbonyl (C=O) groups is 1. The van der Waals surface area contributed by atoms with Gasteiger partial charge in [-0.1, -0.05) is 0 Å². The Morgan fingerprint density at radius 1 is 1.69 bits per heavy atom. The molecule has 0 aromatic carbocycles. The molecule has 0 saturated carbocycles. The third kappa shape index (κ3) is 2.69. The monoisotopic (exact) mass is 184 g/mol. The summed E-state index contributed by atoms with van der Waals surface area (Å²) >= 11 is 0. The summed E-state index contributed by atoms with van der Waals surface area (Å²) in [5, 5.41) is 3.16. The van der Waals surface area contributed by atoms with E-state index in [1.54, 1.807) is 0 Å². The van der Waals surface area contributed by atoms with E-state index < -0.39 is 0 Å². The number of nitrogens with zero attached hydrogens (tertiary/aromatic N) is 1. The van der Waals surface area contributed by atoms with E-state index in [9.17, 15) is 4.79 Å².